The molecule has 1 aromatic carbocycles. The van der Waals surface area contributed by atoms with Crippen LogP contribution in [-0.2, 0) is 33.9 Å². The molecule has 38 heavy (non-hydrogen) atoms. The Labute approximate surface area is 237 Å². The molecule has 1 atom stereocenters. The van der Waals surface area contributed by atoms with E-state index in [2.05, 4.69) is 22.0 Å². The quantitative estimate of drug-likeness (QED) is 0.156. The van der Waals surface area contributed by atoms with Gasteiger partial charge in [-0.3, -0.25) is 14.4 Å². The number of rotatable bonds is 14. The molecule has 0 radical (unpaired) electrons. The summed E-state index contributed by atoms with van der Waals surface area (Å²) in [6.07, 6.45) is 5.98. The number of aryl methyl sites for hydroxylation is 1. The Balaban J connectivity index is 0.000000569. The number of hydrogen-bond donors (Lipinski definition) is 3. The number of halogens is 1. The summed E-state index contributed by atoms with van der Waals surface area (Å²) in [5.41, 5.74) is 4.51. The standard InChI is InChI=1S/C13H19NO2S.C9H12ClN.C7H13NO2/c1-4-9(3)12(16)13-11(5-2)10(7-17-13)6-14-8-15;1-7-3-4-8(6-11-2)5-9(7)10;1-8-7(10)5-3-2-4-6-9/h7-9H,4-6H2,1-3H3,(H,14,15);3-5,11H,6H2,1-2H3;6H,2-5H2,1H3,(H,8,10). The summed E-state index contributed by atoms with van der Waals surface area (Å²) in [6.45, 7) is 9.42. The number of carbonyl (C=O) groups excluding carboxylic acids is 4. The number of carbonyl (C=O) groups is 4. The molecule has 3 N–H and O–H groups in total. The Morgan fingerprint density at radius 1 is 1.11 bits per heavy atom. The Hall–Kier alpha value is -2.55. The maximum absolute atomic E-state index is 12.2. The fourth-order valence-corrected chi connectivity index (χ4v) is 4.73. The van der Waals surface area contributed by atoms with Crippen molar-refractivity contribution in [3.05, 3.63) is 55.7 Å². The van der Waals surface area contributed by atoms with Gasteiger partial charge in [0, 0.05) is 43.9 Å². The Morgan fingerprint density at radius 3 is 2.34 bits per heavy atom. The zero-order chi connectivity index (χ0) is 28.9. The number of thiophene rings is 1. The van der Waals surface area contributed by atoms with Crippen LogP contribution in [0.2, 0.25) is 5.02 Å². The summed E-state index contributed by atoms with van der Waals surface area (Å²) >= 11 is 7.42. The topological polar surface area (TPSA) is 104 Å². The lowest BCUT2D eigenvalue weighted by atomic mass is 9.98. The van der Waals surface area contributed by atoms with Crippen LogP contribution in [0.15, 0.2) is 23.6 Å². The van der Waals surface area contributed by atoms with E-state index in [4.69, 9.17) is 11.6 Å². The van der Waals surface area contributed by atoms with Crippen LogP contribution < -0.4 is 16.0 Å². The van der Waals surface area contributed by atoms with Crippen molar-refractivity contribution in [2.45, 2.75) is 79.3 Å². The Kier molecular flexibility index (Phi) is 20.0. The van der Waals surface area contributed by atoms with Crippen LogP contribution in [0.4, 0.5) is 0 Å². The molecule has 0 aliphatic rings. The SMILES string of the molecule is CCc1c(CNC=O)csc1C(=O)C(C)CC.CNC(=O)CCCCC=O.CNCc1ccc(C)c(Cl)c1. The maximum Gasteiger partial charge on any atom is 0.219 e. The first-order valence-corrected chi connectivity index (χ1v) is 14.3. The van der Waals surface area contributed by atoms with Gasteiger partial charge in [0.15, 0.2) is 5.78 Å². The zero-order valence-corrected chi connectivity index (χ0v) is 25.2. The highest BCUT2D eigenvalue weighted by Crippen LogP contribution is 2.27. The van der Waals surface area contributed by atoms with E-state index in [-0.39, 0.29) is 17.6 Å². The van der Waals surface area contributed by atoms with Crippen molar-refractivity contribution in [3.8, 4) is 0 Å². The molecular weight excluding hydrogens is 522 g/mol. The second-order valence-electron chi connectivity index (χ2n) is 8.79. The van der Waals surface area contributed by atoms with E-state index in [9.17, 15) is 19.2 Å². The maximum atomic E-state index is 12.2. The minimum atomic E-state index is 0.0471. The molecule has 2 rings (SSSR count). The number of Topliss-reactive ketones (excluding diaryl/α,β-unsaturated/α-hetero) is 1. The molecule has 1 heterocycles. The predicted molar refractivity (Wildman–Crippen MR) is 158 cm³/mol. The summed E-state index contributed by atoms with van der Waals surface area (Å²) in [7, 11) is 3.54. The van der Waals surface area contributed by atoms with Gasteiger partial charge < -0.3 is 20.7 Å². The van der Waals surface area contributed by atoms with Crippen molar-refractivity contribution >= 4 is 47.3 Å². The van der Waals surface area contributed by atoms with Crippen molar-refractivity contribution in [2.75, 3.05) is 14.1 Å². The van der Waals surface area contributed by atoms with Gasteiger partial charge in [-0.05, 0) is 73.4 Å². The van der Waals surface area contributed by atoms with E-state index in [1.54, 1.807) is 7.05 Å². The molecule has 0 saturated carbocycles. The van der Waals surface area contributed by atoms with Crippen LogP contribution in [0.25, 0.3) is 0 Å². The summed E-state index contributed by atoms with van der Waals surface area (Å²) < 4.78 is 0. The van der Waals surface area contributed by atoms with E-state index < -0.39 is 0 Å². The van der Waals surface area contributed by atoms with Gasteiger partial charge in [0.25, 0.3) is 0 Å². The number of unbranched alkanes of at least 4 members (excludes halogenated alkanes) is 2. The van der Waals surface area contributed by atoms with Gasteiger partial charge in [0.2, 0.25) is 12.3 Å². The lowest BCUT2D eigenvalue weighted by molar-refractivity contribution is -0.120. The molecule has 7 nitrogen and oxygen atoms in total. The molecule has 0 fully saturated rings. The fraction of sp³-hybridized carbons (Fsp3) is 0.517. The molecule has 0 aliphatic heterocycles. The lowest BCUT2D eigenvalue weighted by Gasteiger charge is -2.08. The number of ketones is 1. The zero-order valence-electron chi connectivity index (χ0n) is 23.6. The minimum absolute atomic E-state index is 0.0471. The summed E-state index contributed by atoms with van der Waals surface area (Å²) in [6, 6.07) is 6.11. The second-order valence-corrected chi connectivity index (χ2v) is 10.1. The number of amides is 2. The number of hydrogen-bond acceptors (Lipinski definition) is 6. The van der Waals surface area contributed by atoms with E-state index in [0.717, 1.165) is 65.1 Å². The average molecular weight is 566 g/mol. The molecule has 1 aromatic heterocycles. The van der Waals surface area contributed by atoms with Crippen LogP contribution in [0, 0.1) is 12.8 Å². The molecule has 0 spiro atoms. The van der Waals surface area contributed by atoms with E-state index in [1.165, 1.54) is 16.9 Å². The molecule has 0 saturated heterocycles. The first kappa shape index (κ1) is 35.5. The Bertz CT molecular complexity index is 994. The third-order valence-corrected chi connectivity index (χ3v) is 7.36. The third-order valence-electron chi connectivity index (χ3n) is 5.87. The summed E-state index contributed by atoms with van der Waals surface area (Å²) in [5.74, 6) is 0.350. The van der Waals surface area contributed by atoms with Gasteiger partial charge in [-0.2, -0.15) is 0 Å². The highest BCUT2D eigenvalue weighted by Gasteiger charge is 2.20. The second kappa shape index (κ2) is 21.4. The predicted octanol–water partition coefficient (Wildman–Crippen LogP) is 5.64. The molecule has 2 amide bonds. The van der Waals surface area contributed by atoms with Crippen LogP contribution in [0.3, 0.4) is 0 Å². The smallest absolute Gasteiger partial charge is 0.219 e. The highest BCUT2D eigenvalue weighted by atomic mass is 35.5. The lowest BCUT2D eigenvalue weighted by Crippen LogP contribution is -2.16. The monoisotopic (exact) mass is 565 g/mol. The first-order chi connectivity index (χ1) is 18.2. The van der Waals surface area contributed by atoms with Crippen LogP contribution in [-0.4, -0.2) is 38.5 Å². The van der Waals surface area contributed by atoms with Crippen LogP contribution in [0.1, 0.15) is 84.8 Å². The van der Waals surface area contributed by atoms with Gasteiger partial charge >= 0.3 is 0 Å². The van der Waals surface area contributed by atoms with Gasteiger partial charge in [-0.1, -0.05) is 44.5 Å². The molecule has 9 heteroatoms. The highest BCUT2D eigenvalue weighted by molar-refractivity contribution is 7.12. The van der Waals surface area contributed by atoms with Crippen molar-refractivity contribution < 1.29 is 19.2 Å². The van der Waals surface area contributed by atoms with E-state index in [1.807, 2.05) is 52.3 Å². The number of nitrogens with one attached hydrogen (secondary N) is 3. The van der Waals surface area contributed by atoms with Crippen molar-refractivity contribution in [2.24, 2.45) is 5.92 Å². The molecular formula is C29H44ClN3O4S. The van der Waals surface area contributed by atoms with Crippen molar-refractivity contribution in [1.82, 2.24) is 16.0 Å². The first-order valence-electron chi connectivity index (χ1n) is 13.0. The third kappa shape index (κ3) is 13.8. The molecule has 2 aromatic rings. The van der Waals surface area contributed by atoms with Gasteiger partial charge in [0.1, 0.15) is 6.29 Å². The van der Waals surface area contributed by atoms with Crippen LogP contribution in [0.5, 0.6) is 0 Å². The minimum Gasteiger partial charge on any atom is -0.359 e. The van der Waals surface area contributed by atoms with E-state index in [0.29, 0.717) is 25.8 Å². The molecule has 212 valence electrons. The summed E-state index contributed by atoms with van der Waals surface area (Å²) in [5, 5.41) is 11.1. The number of benzene rings is 1. The largest absolute Gasteiger partial charge is 0.359 e. The Morgan fingerprint density at radius 2 is 1.82 bits per heavy atom. The number of aldehydes is 1. The average Bonchev–Trinajstić information content (AvgIpc) is 3.34. The van der Waals surface area contributed by atoms with Crippen molar-refractivity contribution in [1.29, 1.82) is 0 Å². The molecule has 1 unspecified atom stereocenters. The van der Waals surface area contributed by atoms with E-state index >= 15 is 0 Å². The summed E-state index contributed by atoms with van der Waals surface area (Å²) in [4.78, 5) is 43.7. The fourth-order valence-electron chi connectivity index (χ4n) is 3.31. The van der Waals surface area contributed by atoms with Gasteiger partial charge in [-0.15, -0.1) is 11.3 Å². The van der Waals surface area contributed by atoms with Crippen molar-refractivity contribution in [3.63, 3.8) is 0 Å². The van der Waals surface area contributed by atoms with Gasteiger partial charge in [-0.25, -0.2) is 0 Å². The normalized spacial score (nSPS) is 10.7. The molecule has 0 aliphatic carbocycles. The van der Waals surface area contributed by atoms with Gasteiger partial charge in [0.05, 0.1) is 4.88 Å². The molecule has 0 bridgehead atoms. The van der Waals surface area contributed by atoms with Crippen LogP contribution >= 0.6 is 22.9 Å².